The van der Waals surface area contributed by atoms with Crippen molar-refractivity contribution in [2.24, 2.45) is 0 Å². The topological polar surface area (TPSA) is 8.81 Å². The Morgan fingerprint density at radius 2 is 1.40 bits per heavy atom. The molecule has 0 atom stereocenters. The van der Waals surface area contributed by atoms with Gasteiger partial charge in [-0.25, -0.2) is 9.13 Å². The highest BCUT2D eigenvalue weighted by Crippen LogP contribution is 2.02. The molecule has 0 aliphatic rings. The lowest BCUT2D eigenvalue weighted by Gasteiger charge is -1.98. The number of halogens is 1. The van der Waals surface area contributed by atoms with Gasteiger partial charge in [-0.05, 0) is 11.1 Å². The van der Waals surface area contributed by atoms with Crippen LogP contribution in [0, 0.1) is 0 Å². The van der Waals surface area contributed by atoms with Crippen LogP contribution in [0.15, 0.2) is 79.4 Å². The first-order chi connectivity index (χ1) is 9.40. The minimum atomic E-state index is 0. The summed E-state index contributed by atoms with van der Waals surface area (Å²) in [5.41, 5.74) is 2.65. The fourth-order valence-corrected chi connectivity index (χ4v) is 2.21. The highest BCUT2D eigenvalue weighted by molar-refractivity contribution is 5.15. The van der Waals surface area contributed by atoms with Crippen LogP contribution < -0.4 is 17.0 Å². The monoisotopic (exact) mass is 284 g/mol. The van der Waals surface area contributed by atoms with E-state index in [-0.39, 0.29) is 12.4 Å². The van der Waals surface area contributed by atoms with Crippen molar-refractivity contribution in [1.82, 2.24) is 4.57 Å². The normalized spacial score (nSPS) is 10.0. The molecular weight excluding hydrogens is 268 g/mol. The van der Waals surface area contributed by atoms with Crippen molar-refractivity contribution in [3.05, 3.63) is 90.5 Å². The molecular formula is C17H17ClN2. The second kappa shape index (κ2) is 6.92. The number of imidazole rings is 1. The van der Waals surface area contributed by atoms with Gasteiger partial charge in [0.15, 0.2) is 0 Å². The Balaban J connectivity index is 0.00000147. The maximum absolute atomic E-state index is 2.21. The quantitative estimate of drug-likeness (QED) is 0.591. The summed E-state index contributed by atoms with van der Waals surface area (Å²) in [7, 11) is 0. The third-order valence-corrected chi connectivity index (χ3v) is 3.16. The summed E-state index contributed by atoms with van der Waals surface area (Å²) < 4.78 is 4.41. The molecule has 0 saturated heterocycles. The van der Waals surface area contributed by atoms with E-state index >= 15 is 0 Å². The molecule has 0 N–H and O–H groups in total. The summed E-state index contributed by atoms with van der Waals surface area (Å²) in [5.74, 6) is 0. The summed E-state index contributed by atoms with van der Waals surface area (Å²) in [6.45, 7) is 1.84. The van der Waals surface area contributed by atoms with E-state index < -0.39 is 0 Å². The van der Waals surface area contributed by atoms with Crippen molar-refractivity contribution < 1.29 is 17.0 Å². The van der Waals surface area contributed by atoms with Crippen LogP contribution in [-0.2, 0) is 13.1 Å². The van der Waals surface area contributed by atoms with Crippen molar-refractivity contribution in [3.63, 3.8) is 0 Å². The molecule has 0 spiro atoms. The van der Waals surface area contributed by atoms with E-state index in [1.807, 2.05) is 0 Å². The van der Waals surface area contributed by atoms with Gasteiger partial charge >= 0.3 is 0 Å². The van der Waals surface area contributed by atoms with Gasteiger partial charge in [0.1, 0.15) is 25.5 Å². The van der Waals surface area contributed by atoms with Crippen LogP contribution in [-0.4, -0.2) is 4.57 Å². The summed E-state index contributed by atoms with van der Waals surface area (Å²) in [6.07, 6.45) is 6.39. The molecule has 2 nitrogen and oxygen atoms in total. The van der Waals surface area contributed by atoms with E-state index in [9.17, 15) is 0 Å². The Hall–Kier alpha value is -2.06. The number of hydrogen-bond acceptors (Lipinski definition) is 0. The Morgan fingerprint density at radius 3 is 2.05 bits per heavy atom. The molecule has 1 heterocycles. The molecule has 20 heavy (non-hydrogen) atoms. The summed E-state index contributed by atoms with van der Waals surface area (Å²) in [4.78, 5) is 0. The molecule has 0 amide bonds. The average molecular weight is 285 g/mol. The predicted octanol–water partition coefficient (Wildman–Crippen LogP) is -0.124. The van der Waals surface area contributed by atoms with E-state index in [0.29, 0.717) is 0 Å². The highest BCUT2D eigenvalue weighted by atomic mass is 35.5. The van der Waals surface area contributed by atoms with E-state index in [1.54, 1.807) is 0 Å². The third-order valence-electron chi connectivity index (χ3n) is 3.16. The highest BCUT2D eigenvalue weighted by Gasteiger charge is 2.04. The molecule has 3 aromatic rings. The van der Waals surface area contributed by atoms with Crippen LogP contribution in [0.25, 0.3) is 0 Å². The lowest BCUT2D eigenvalue weighted by atomic mass is 10.2. The summed E-state index contributed by atoms with van der Waals surface area (Å²) >= 11 is 0. The number of rotatable bonds is 4. The van der Waals surface area contributed by atoms with Gasteiger partial charge < -0.3 is 12.4 Å². The summed E-state index contributed by atoms with van der Waals surface area (Å²) in [6, 6.07) is 21.0. The molecule has 0 unspecified atom stereocenters. The Bertz CT molecular complexity index is 576. The van der Waals surface area contributed by atoms with Crippen molar-refractivity contribution in [2.45, 2.75) is 13.1 Å². The smallest absolute Gasteiger partial charge is 0.244 e. The van der Waals surface area contributed by atoms with Gasteiger partial charge in [0, 0.05) is 0 Å². The van der Waals surface area contributed by atoms with Crippen LogP contribution in [0.5, 0.6) is 0 Å². The standard InChI is InChI=1S/C17H17N2.ClH/c1-3-7-16(8-4-1)13-18-11-12-19(15-18)14-17-9-5-2-6-10-17;/h1-12,15H,13-14H2;1H/q+1;/p-1. The fraction of sp³-hybridized carbons (Fsp3) is 0.118. The van der Waals surface area contributed by atoms with Crippen LogP contribution in [0.3, 0.4) is 0 Å². The predicted molar refractivity (Wildman–Crippen MR) is 75.7 cm³/mol. The fourth-order valence-electron chi connectivity index (χ4n) is 2.21. The largest absolute Gasteiger partial charge is 1.00 e. The summed E-state index contributed by atoms with van der Waals surface area (Å²) in [5, 5.41) is 0. The first-order valence-electron chi connectivity index (χ1n) is 6.53. The molecule has 0 radical (unpaired) electrons. The average Bonchev–Trinajstić information content (AvgIpc) is 2.88. The van der Waals surface area contributed by atoms with Crippen molar-refractivity contribution in [3.8, 4) is 0 Å². The van der Waals surface area contributed by atoms with Crippen molar-refractivity contribution in [2.75, 3.05) is 0 Å². The molecule has 3 heteroatoms. The zero-order chi connectivity index (χ0) is 12.9. The van der Waals surface area contributed by atoms with Crippen LogP contribution in [0.2, 0.25) is 0 Å². The molecule has 0 aliphatic carbocycles. The van der Waals surface area contributed by atoms with E-state index in [2.05, 4.69) is 88.5 Å². The van der Waals surface area contributed by atoms with Gasteiger partial charge in [-0.15, -0.1) is 0 Å². The zero-order valence-electron chi connectivity index (χ0n) is 11.2. The number of benzene rings is 2. The molecule has 1 aromatic heterocycles. The third kappa shape index (κ3) is 3.72. The number of hydrogen-bond donors (Lipinski definition) is 0. The van der Waals surface area contributed by atoms with Gasteiger partial charge in [0.05, 0.1) is 0 Å². The van der Waals surface area contributed by atoms with Gasteiger partial charge in [-0.1, -0.05) is 60.7 Å². The minimum absolute atomic E-state index is 0. The van der Waals surface area contributed by atoms with E-state index in [1.165, 1.54) is 11.1 Å². The molecule has 0 aliphatic heterocycles. The number of aromatic nitrogens is 2. The van der Waals surface area contributed by atoms with Gasteiger partial charge in [0.25, 0.3) is 0 Å². The minimum Gasteiger partial charge on any atom is -1.00 e. The van der Waals surface area contributed by atoms with Gasteiger partial charge in [0.2, 0.25) is 6.33 Å². The Kier molecular flexibility index (Phi) is 4.97. The second-order valence-corrected chi connectivity index (χ2v) is 4.73. The molecule has 0 fully saturated rings. The first-order valence-corrected chi connectivity index (χ1v) is 6.53. The van der Waals surface area contributed by atoms with Crippen molar-refractivity contribution in [1.29, 1.82) is 0 Å². The molecule has 2 aromatic carbocycles. The maximum atomic E-state index is 2.21. The Morgan fingerprint density at radius 1 is 0.800 bits per heavy atom. The van der Waals surface area contributed by atoms with Crippen LogP contribution in [0.4, 0.5) is 0 Å². The lowest BCUT2D eigenvalue weighted by Crippen LogP contribution is -3.00. The molecule has 0 bridgehead atoms. The van der Waals surface area contributed by atoms with Gasteiger partial charge in [-0.2, -0.15) is 0 Å². The zero-order valence-corrected chi connectivity index (χ0v) is 11.9. The Labute approximate surface area is 125 Å². The first kappa shape index (κ1) is 14.4. The van der Waals surface area contributed by atoms with E-state index in [4.69, 9.17) is 0 Å². The van der Waals surface area contributed by atoms with Gasteiger partial charge in [-0.3, -0.25) is 0 Å². The molecule has 0 saturated carbocycles. The lowest BCUT2D eigenvalue weighted by molar-refractivity contribution is -0.687. The van der Waals surface area contributed by atoms with Crippen LogP contribution >= 0.6 is 0 Å². The second-order valence-electron chi connectivity index (χ2n) is 4.73. The maximum Gasteiger partial charge on any atom is 0.244 e. The number of nitrogens with zero attached hydrogens (tertiary/aromatic N) is 2. The van der Waals surface area contributed by atoms with Crippen molar-refractivity contribution >= 4 is 0 Å². The van der Waals surface area contributed by atoms with E-state index in [0.717, 1.165) is 13.1 Å². The van der Waals surface area contributed by atoms with Crippen LogP contribution in [0.1, 0.15) is 11.1 Å². The molecule has 102 valence electrons. The molecule has 3 rings (SSSR count). The SMILES string of the molecule is [Cl-].c1ccc(Cn2cc[n+](Cc3ccccc3)c2)cc1.